The minimum Gasteiger partial charge on any atom is -0.481 e. The van der Waals surface area contributed by atoms with Gasteiger partial charge in [0, 0.05) is 30.6 Å². The van der Waals surface area contributed by atoms with Crippen LogP contribution in [0.15, 0.2) is 24.3 Å². The van der Waals surface area contributed by atoms with Crippen LogP contribution in [0.2, 0.25) is 5.02 Å². The van der Waals surface area contributed by atoms with Gasteiger partial charge in [0.25, 0.3) is 0 Å². The maximum Gasteiger partial charge on any atom is 0.309 e. The third-order valence-electron chi connectivity index (χ3n) is 5.62. The lowest BCUT2D eigenvalue weighted by molar-refractivity contribution is -0.146. The van der Waals surface area contributed by atoms with E-state index < -0.39 is 11.9 Å². The lowest BCUT2D eigenvalue weighted by Gasteiger charge is -2.36. The Morgan fingerprint density at radius 3 is 2.69 bits per heavy atom. The van der Waals surface area contributed by atoms with Gasteiger partial charge in [-0.25, -0.2) is 0 Å². The van der Waals surface area contributed by atoms with Crippen molar-refractivity contribution in [2.45, 2.75) is 38.7 Å². The molecule has 26 heavy (non-hydrogen) atoms. The zero-order valence-corrected chi connectivity index (χ0v) is 15.8. The molecular formula is C20H26ClNO4. The van der Waals surface area contributed by atoms with E-state index in [-0.39, 0.29) is 23.8 Å². The third-order valence-corrected chi connectivity index (χ3v) is 5.86. The molecule has 5 nitrogen and oxygen atoms in total. The van der Waals surface area contributed by atoms with Crippen molar-refractivity contribution >= 4 is 23.5 Å². The molecule has 2 aliphatic rings. The first kappa shape index (κ1) is 19.2. The standard InChI is InChI=1S/C20H26ClNO4/c1-13(11-14-3-2-4-16(21)12-14)19(23)22-8-5-15(6-9-22)18-17(20(24)25)7-10-26-18/h2-4,12-13,15,17-18H,5-11H2,1H3,(H,24,25)/t13?,17?,18-/m0/s1. The summed E-state index contributed by atoms with van der Waals surface area (Å²) in [6, 6.07) is 7.63. The van der Waals surface area contributed by atoms with E-state index in [4.69, 9.17) is 16.3 Å². The molecule has 6 heteroatoms. The van der Waals surface area contributed by atoms with Crippen molar-refractivity contribution in [1.29, 1.82) is 0 Å². The van der Waals surface area contributed by atoms with Crippen LogP contribution in [0.25, 0.3) is 0 Å². The van der Waals surface area contributed by atoms with Gasteiger partial charge in [-0.3, -0.25) is 9.59 Å². The number of ether oxygens (including phenoxy) is 1. The molecule has 0 bridgehead atoms. The van der Waals surface area contributed by atoms with Crippen LogP contribution in [0, 0.1) is 17.8 Å². The quantitative estimate of drug-likeness (QED) is 0.852. The van der Waals surface area contributed by atoms with E-state index in [2.05, 4.69) is 0 Å². The predicted molar refractivity (Wildman–Crippen MR) is 99.1 cm³/mol. The minimum absolute atomic E-state index is 0.0977. The van der Waals surface area contributed by atoms with Gasteiger partial charge < -0.3 is 14.7 Å². The Morgan fingerprint density at radius 1 is 1.31 bits per heavy atom. The maximum atomic E-state index is 12.8. The first-order valence-electron chi connectivity index (χ1n) is 9.33. The Balaban J connectivity index is 1.52. The summed E-state index contributed by atoms with van der Waals surface area (Å²) in [4.78, 5) is 26.0. The van der Waals surface area contributed by atoms with E-state index in [1.807, 2.05) is 36.1 Å². The molecule has 1 aromatic carbocycles. The number of amides is 1. The SMILES string of the molecule is CC(Cc1cccc(Cl)c1)C(=O)N1CCC([C@@H]2OCCC2C(=O)O)CC1. The monoisotopic (exact) mass is 379 g/mol. The van der Waals surface area contributed by atoms with E-state index in [0.29, 0.717) is 37.6 Å². The fourth-order valence-electron chi connectivity index (χ4n) is 4.20. The maximum absolute atomic E-state index is 12.8. The number of halogens is 1. The molecule has 1 N–H and O–H groups in total. The normalized spacial score (nSPS) is 25.2. The number of benzene rings is 1. The summed E-state index contributed by atoms with van der Waals surface area (Å²) in [5.74, 6) is -0.874. The number of nitrogens with zero attached hydrogens (tertiary/aromatic N) is 1. The number of aliphatic carboxylic acids is 1. The van der Waals surface area contributed by atoms with Crippen molar-refractivity contribution in [3.63, 3.8) is 0 Å². The molecule has 142 valence electrons. The smallest absolute Gasteiger partial charge is 0.309 e. The summed E-state index contributed by atoms with van der Waals surface area (Å²) in [5.41, 5.74) is 1.07. The molecule has 3 atom stereocenters. The van der Waals surface area contributed by atoms with Crippen molar-refractivity contribution in [2.24, 2.45) is 17.8 Å². The van der Waals surface area contributed by atoms with Crippen molar-refractivity contribution in [3.05, 3.63) is 34.9 Å². The summed E-state index contributed by atoms with van der Waals surface area (Å²) < 4.78 is 5.70. The van der Waals surface area contributed by atoms with Gasteiger partial charge in [-0.05, 0) is 49.3 Å². The van der Waals surface area contributed by atoms with Gasteiger partial charge in [0.15, 0.2) is 0 Å². The predicted octanol–water partition coefficient (Wildman–Crippen LogP) is 3.25. The van der Waals surface area contributed by atoms with Gasteiger partial charge in [-0.1, -0.05) is 30.7 Å². The third kappa shape index (κ3) is 4.38. The van der Waals surface area contributed by atoms with Crippen LogP contribution < -0.4 is 0 Å². The van der Waals surface area contributed by atoms with Crippen LogP contribution in [-0.4, -0.2) is 47.7 Å². The lowest BCUT2D eigenvalue weighted by atomic mass is 9.84. The largest absolute Gasteiger partial charge is 0.481 e. The number of piperidine rings is 1. The zero-order chi connectivity index (χ0) is 18.7. The number of carboxylic acid groups (broad SMARTS) is 1. The highest BCUT2D eigenvalue weighted by molar-refractivity contribution is 6.30. The molecule has 3 rings (SSSR count). The summed E-state index contributed by atoms with van der Waals surface area (Å²) in [6.07, 6.45) is 2.68. The highest BCUT2D eigenvalue weighted by Gasteiger charge is 2.41. The first-order chi connectivity index (χ1) is 12.5. The van der Waals surface area contributed by atoms with E-state index in [0.717, 1.165) is 18.4 Å². The zero-order valence-electron chi connectivity index (χ0n) is 15.1. The number of hydrogen-bond donors (Lipinski definition) is 1. The number of likely N-dealkylation sites (tertiary alicyclic amines) is 1. The molecule has 0 radical (unpaired) electrons. The molecule has 2 aliphatic heterocycles. The van der Waals surface area contributed by atoms with E-state index in [1.165, 1.54) is 0 Å². The number of hydrogen-bond acceptors (Lipinski definition) is 3. The van der Waals surface area contributed by atoms with Crippen LogP contribution >= 0.6 is 11.6 Å². The highest BCUT2D eigenvalue weighted by Crippen LogP contribution is 2.33. The highest BCUT2D eigenvalue weighted by atomic mass is 35.5. The number of rotatable bonds is 5. The second kappa shape index (κ2) is 8.40. The Kier molecular flexibility index (Phi) is 6.20. The van der Waals surface area contributed by atoms with Crippen LogP contribution in [-0.2, 0) is 20.7 Å². The molecule has 2 fully saturated rings. The van der Waals surface area contributed by atoms with Crippen LogP contribution in [0.4, 0.5) is 0 Å². The average molecular weight is 380 g/mol. The van der Waals surface area contributed by atoms with Crippen LogP contribution in [0.5, 0.6) is 0 Å². The molecule has 2 saturated heterocycles. The fourth-order valence-corrected chi connectivity index (χ4v) is 4.42. The van der Waals surface area contributed by atoms with E-state index in [1.54, 1.807) is 0 Å². The lowest BCUT2D eigenvalue weighted by Crippen LogP contribution is -2.45. The Morgan fingerprint density at radius 2 is 2.04 bits per heavy atom. The fraction of sp³-hybridized carbons (Fsp3) is 0.600. The van der Waals surface area contributed by atoms with Crippen LogP contribution in [0.1, 0.15) is 31.7 Å². The van der Waals surface area contributed by atoms with Crippen LogP contribution in [0.3, 0.4) is 0 Å². The molecule has 1 amide bonds. The van der Waals surface area contributed by atoms with Gasteiger partial charge in [-0.15, -0.1) is 0 Å². The minimum atomic E-state index is -0.763. The van der Waals surface area contributed by atoms with Gasteiger partial charge >= 0.3 is 5.97 Å². The van der Waals surface area contributed by atoms with Crippen molar-refractivity contribution < 1.29 is 19.4 Å². The Bertz CT molecular complexity index is 657. The Labute approximate surface area is 159 Å². The van der Waals surface area contributed by atoms with Crippen molar-refractivity contribution in [2.75, 3.05) is 19.7 Å². The summed E-state index contributed by atoms with van der Waals surface area (Å²) in [5, 5.41) is 10.0. The molecule has 0 aromatic heterocycles. The number of carbonyl (C=O) groups is 2. The van der Waals surface area contributed by atoms with E-state index in [9.17, 15) is 14.7 Å². The summed E-state index contributed by atoms with van der Waals surface area (Å²) >= 11 is 6.02. The van der Waals surface area contributed by atoms with Crippen molar-refractivity contribution in [3.8, 4) is 0 Å². The van der Waals surface area contributed by atoms with Gasteiger partial charge in [-0.2, -0.15) is 0 Å². The number of carboxylic acids is 1. The first-order valence-corrected chi connectivity index (χ1v) is 9.71. The second-order valence-corrected chi connectivity index (χ2v) is 7.90. The van der Waals surface area contributed by atoms with Gasteiger partial charge in [0.05, 0.1) is 12.0 Å². The van der Waals surface area contributed by atoms with E-state index >= 15 is 0 Å². The molecule has 1 aromatic rings. The van der Waals surface area contributed by atoms with Gasteiger partial charge in [0.2, 0.25) is 5.91 Å². The molecule has 2 unspecified atom stereocenters. The molecule has 0 aliphatic carbocycles. The molecule has 0 saturated carbocycles. The average Bonchev–Trinajstić information content (AvgIpc) is 3.11. The molecule has 2 heterocycles. The summed E-state index contributed by atoms with van der Waals surface area (Å²) in [7, 11) is 0. The second-order valence-electron chi connectivity index (χ2n) is 7.47. The van der Waals surface area contributed by atoms with Crippen molar-refractivity contribution in [1.82, 2.24) is 4.90 Å². The Hall–Kier alpha value is -1.59. The molecular weight excluding hydrogens is 354 g/mol. The van der Waals surface area contributed by atoms with Gasteiger partial charge in [0.1, 0.15) is 0 Å². The topological polar surface area (TPSA) is 66.8 Å². The number of carbonyl (C=O) groups excluding carboxylic acids is 1. The molecule has 0 spiro atoms. The summed E-state index contributed by atoms with van der Waals surface area (Å²) in [6.45, 7) is 3.83.